The van der Waals surface area contributed by atoms with Crippen LogP contribution in [0.5, 0.6) is 5.75 Å². The van der Waals surface area contributed by atoms with E-state index >= 15 is 0 Å². The van der Waals surface area contributed by atoms with Crippen molar-refractivity contribution < 1.29 is 14.5 Å². The van der Waals surface area contributed by atoms with E-state index in [-0.39, 0.29) is 16.5 Å². The third kappa shape index (κ3) is 2.66. The molecule has 6 heteroatoms. The normalized spacial score (nSPS) is 9.80. The second kappa shape index (κ2) is 4.27. The Morgan fingerprint density at radius 3 is 2.60 bits per heavy atom. The first kappa shape index (κ1) is 11.5. The van der Waals surface area contributed by atoms with Gasteiger partial charge in [0.25, 0.3) is 0 Å². The van der Waals surface area contributed by atoms with E-state index < -0.39 is 10.9 Å². The minimum absolute atomic E-state index is 0.0885. The molecule has 0 aliphatic heterocycles. The summed E-state index contributed by atoms with van der Waals surface area (Å²) in [6.45, 7) is 2.84. The number of hydrogen-bond donors (Lipinski definition) is 0. The Labute approximate surface area is 90.8 Å². The van der Waals surface area contributed by atoms with E-state index in [2.05, 4.69) is 0 Å². The van der Waals surface area contributed by atoms with E-state index in [0.29, 0.717) is 5.56 Å². The number of nitrogens with zero attached hydrogens (tertiary/aromatic N) is 1. The maximum atomic E-state index is 10.7. The van der Waals surface area contributed by atoms with Crippen molar-refractivity contribution in [3.63, 3.8) is 0 Å². The van der Waals surface area contributed by atoms with Crippen LogP contribution in [0.2, 0.25) is 5.02 Å². The number of carbonyl (C=O) groups is 1. The fraction of sp³-hybridized carbons (Fsp3) is 0.222. The van der Waals surface area contributed by atoms with Crippen LogP contribution in [0, 0.1) is 17.0 Å². The minimum Gasteiger partial charge on any atom is -0.419 e. The Morgan fingerprint density at radius 1 is 1.53 bits per heavy atom. The first-order chi connectivity index (χ1) is 6.91. The van der Waals surface area contributed by atoms with Gasteiger partial charge in [0.15, 0.2) is 0 Å². The number of rotatable bonds is 2. The molecule has 15 heavy (non-hydrogen) atoms. The summed E-state index contributed by atoms with van der Waals surface area (Å²) in [7, 11) is 0. The smallest absolute Gasteiger partial charge is 0.313 e. The van der Waals surface area contributed by atoms with Crippen LogP contribution < -0.4 is 4.74 Å². The zero-order valence-electron chi connectivity index (χ0n) is 8.11. The molecule has 5 nitrogen and oxygen atoms in total. The topological polar surface area (TPSA) is 69.4 Å². The molecule has 1 aromatic carbocycles. The van der Waals surface area contributed by atoms with Gasteiger partial charge < -0.3 is 4.74 Å². The Balaban J connectivity index is 3.28. The lowest BCUT2D eigenvalue weighted by molar-refractivity contribution is -0.385. The van der Waals surface area contributed by atoms with Gasteiger partial charge in [-0.25, -0.2) is 0 Å². The number of benzene rings is 1. The maximum Gasteiger partial charge on any atom is 0.313 e. The summed E-state index contributed by atoms with van der Waals surface area (Å²) >= 11 is 5.72. The molecule has 0 aliphatic rings. The molecule has 0 aliphatic carbocycles. The summed E-state index contributed by atoms with van der Waals surface area (Å²) < 4.78 is 4.70. The van der Waals surface area contributed by atoms with Gasteiger partial charge in [0.05, 0.1) is 9.95 Å². The molecule has 0 atom stereocenters. The molecular formula is C9H8ClNO4. The average Bonchev–Trinajstić information content (AvgIpc) is 2.09. The van der Waals surface area contributed by atoms with Crippen molar-refractivity contribution in [2.75, 3.05) is 0 Å². The van der Waals surface area contributed by atoms with Crippen LogP contribution in [0.3, 0.4) is 0 Å². The summed E-state index contributed by atoms with van der Waals surface area (Å²) in [6.07, 6.45) is 0. The van der Waals surface area contributed by atoms with E-state index in [1.54, 1.807) is 6.92 Å². The molecule has 0 spiro atoms. The van der Waals surface area contributed by atoms with E-state index in [1.165, 1.54) is 13.0 Å². The van der Waals surface area contributed by atoms with Gasteiger partial charge in [-0.15, -0.1) is 0 Å². The number of esters is 1. The summed E-state index contributed by atoms with van der Waals surface area (Å²) in [5, 5.41) is 10.9. The Hall–Kier alpha value is -1.62. The van der Waals surface area contributed by atoms with Gasteiger partial charge >= 0.3 is 11.7 Å². The SMILES string of the molecule is CC(=O)Oc1cc(C)c(Cl)cc1[N+](=O)[O-]. The number of nitro groups is 1. The Morgan fingerprint density at radius 2 is 2.13 bits per heavy atom. The predicted molar refractivity (Wildman–Crippen MR) is 54.2 cm³/mol. The fourth-order valence-corrected chi connectivity index (χ4v) is 1.18. The predicted octanol–water partition coefficient (Wildman–Crippen LogP) is 2.48. The van der Waals surface area contributed by atoms with Gasteiger partial charge in [0, 0.05) is 13.0 Å². The largest absolute Gasteiger partial charge is 0.419 e. The van der Waals surface area contributed by atoms with Crippen molar-refractivity contribution in [1.82, 2.24) is 0 Å². The van der Waals surface area contributed by atoms with Crippen LogP contribution in [0.1, 0.15) is 12.5 Å². The number of nitro benzene ring substituents is 1. The van der Waals surface area contributed by atoms with Crippen LogP contribution >= 0.6 is 11.6 Å². The minimum atomic E-state index is -0.649. The maximum absolute atomic E-state index is 10.7. The van der Waals surface area contributed by atoms with E-state index in [1.807, 2.05) is 0 Å². The molecular weight excluding hydrogens is 222 g/mol. The van der Waals surface area contributed by atoms with Gasteiger partial charge in [-0.2, -0.15) is 0 Å². The van der Waals surface area contributed by atoms with E-state index in [0.717, 1.165) is 6.07 Å². The van der Waals surface area contributed by atoms with Gasteiger partial charge in [0.2, 0.25) is 5.75 Å². The highest BCUT2D eigenvalue weighted by Gasteiger charge is 2.18. The van der Waals surface area contributed by atoms with Crippen molar-refractivity contribution in [3.8, 4) is 5.75 Å². The molecule has 0 amide bonds. The first-order valence-corrected chi connectivity index (χ1v) is 4.42. The van der Waals surface area contributed by atoms with Crippen LogP contribution in [-0.2, 0) is 4.79 Å². The molecule has 0 unspecified atom stereocenters. The van der Waals surface area contributed by atoms with Crippen LogP contribution in [-0.4, -0.2) is 10.9 Å². The van der Waals surface area contributed by atoms with Gasteiger partial charge in [-0.1, -0.05) is 11.6 Å². The molecule has 0 radical (unpaired) electrons. The van der Waals surface area contributed by atoms with Gasteiger partial charge in [-0.05, 0) is 18.6 Å². The monoisotopic (exact) mass is 229 g/mol. The highest BCUT2D eigenvalue weighted by atomic mass is 35.5. The third-order valence-electron chi connectivity index (χ3n) is 1.69. The van der Waals surface area contributed by atoms with Gasteiger partial charge in [0.1, 0.15) is 0 Å². The standard InChI is InChI=1S/C9H8ClNO4/c1-5-3-9(15-6(2)12)8(11(13)14)4-7(5)10/h3-4H,1-2H3. The van der Waals surface area contributed by atoms with Crippen molar-refractivity contribution in [2.24, 2.45) is 0 Å². The van der Waals surface area contributed by atoms with Crippen molar-refractivity contribution in [2.45, 2.75) is 13.8 Å². The molecule has 0 aromatic heterocycles. The number of hydrogen-bond acceptors (Lipinski definition) is 4. The van der Waals surface area contributed by atoms with Crippen molar-refractivity contribution in [3.05, 3.63) is 32.8 Å². The Bertz CT molecular complexity index is 430. The first-order valence-electron chi connectivity index (χ1n) is 4.04. The van der Waals surface area contributed by atoms with Crippen LogP contribution in [0.4, 0.5) is 5.69 Å². The van der Waals surface area contributed by atoms with E-state index in [4.69, 9.17) is 16.3 Å². The number of ether oxygens (including phenoxy) is 1. The lowest BCUT2D eigenvalue weighted by atomic mass is 10.2. The quantitative estimate of drug-likeness (QED) is 0.338. The summed E-state index contributed by atoms with van der Waals surface area (Å²) in [5.41, 5.74) is 0.291. The number of halogens is 1. The summed E-state index contributed by atoms with van der Waals surface area (Å²) in [6, 6.07) is 2.52. The number of aryl methyl sites for hydroxylation is 1. The molecule has 0 heterocycles. The second-order valence-corrected chi connectivity index (χ2v) is 3.33. The third-order valence-corrected chi connectivity index (χ3v) is 2.10. The molecule has 0 saturated carbocycles. The number of carbonyl (C=O) groups excluding carboxylic acids is 1. The van der Waals surface area contributed by atoms with Crippen molar-refractivity contribution >= 4 is 23.3 Å². The summed E-state index contributed by atoms with van der Waals surface area (Å²) in [5.74, 6) is -0.700. The molecule has 0 bridgehead atoms. The second-order valence-electron chi connectivity index (χ2n) is 2.92. The zero-order valence-corrected chi connectivity index (χ0v) is 8.87. The zero-order chi connectivity index (χ0) is 11.6. The molecule has 80 valence electrons. The van der Waals surface area contributed by atoms with Crippen LogP contribution in [0.15, 0.2) is 12.1 Å². The fourth-order valence-electron chi connectivity index (χ4n) is 1.02. The highest BCUT2D eigenvalue weighted by Crippen LogP contribution is 2.32. The highest BCUT2D eigenvalue weighted by molar-refractivity contribution is 6.31. The molecule has 0 N–H and O–H groups in total. The lowest BCUT2D eigenvalue weighted by Gasteiger charge is -2.04. The Kier molecular flexibility index (Phi) is 3.26. The molecule has 1 rings (SSSR count). The van der Waals surface area contributed by atoms with E-state index in [9.17, 15) is 14.9 Å². The van der Waals surface area contributed by atoms with Crippen LogP contribution in [0.25, 0.3) is 0 Å². The lowest BCUT2D eigenvalue weighted by Crippen LogP contribution is -2.04. The summed E-state index contributed by atoms with van der Waals surface area (Å²) in [4.78, 5) is 20.7. The molecule has 0 saturated heterocycles. The van der Waals surface area contributed by atoms with Gasteiger partial charge in [-0.3, -0.25) is 14.9 Å². The van der Waals surface area contributed by atoms with Crippen molar-refractivity contribution in [1.29, 1.82) is 0 Å². The molecule has 0 fully saturated rings. The molecule has 1 aromatic rings. The average molecular weight is 230 g/mol.